The van der Waals surface area contributed by atoms with Crippen molar-refractivity contribution in [2.75, 3.05) is 14.1 Å². The molecule has 1 saturated carbocycles. The molecule has 5 heteroatoms. The number of thiocarbonyl (C=S) groups is 1. The smallest absolute Gasteiger partial charge is 0.237 e. The Morgan fingerprint density at radius 1 is 1.29 bits per heavy atom. The van der Waals surface area contributed by atoms with Gasteiger partial charge in [0.15, 0.2) is 5.11 Å². The summed E-state index contributed by atoms with van der Waals surface area (Å²) in [5.74, 6) is 0.270. The number of likely N-dealkylation sites (N-methyl/N-ethyl adjacent to an activating group) is 1. The molecule has 1 heterocycles. The van der Waals surface area contributed by atoms with E-state index >= 15 is 0 Å². The van der Waals surface area contributed by atoms with Crippen molar-refractivity contribution < 1.29 is 4.79 Å². The molecule has 1 aliphatic heterocycles. The molecule has 0 unspecified atom stereocenters. The molecule has 0 aromatic heterocycles. The number of benzene rings is 1. The topological polar surface area (TPSA) is 23.6 Å². The van der Waals surface area contributed by atoms with Crippen molar-refractivity contribution in [2.24, 2.45) is 5.41 Å². The van der Waals surface area contributed by atoms with Crippen molar-refractivity contribution >= 4 is 35.9 Å². The van der Waals surface area contributed by atoms with Crippen LogP contribution in [0.2, 0.25) is 0 Å². The molecule has 1 saturated heterocycles. The van der Waals surface area contributed by atoms with Crippen molar-refractivity contribution in [2.45, 2.75) is 30.6 Å². The van der Waals surface area contributed by atoms with Gasteiger partial charge >= 0.3 is 0 Å². The Morgan fingerprint density at radius 2 is 1.90 bits per heavy atom. The first-order chi connectivity index (χ1) is 9.84. The van der Waals surface area contributed by atoms with Crippen molar-refractivity contribution in [1.29, 1.82) is 0 Å². The molecule has 1 aliphatic carbocycles. The quantitative estimate of drug-likeness (QED) is 0.636. The lowest BCUT2D eigenvalue weighted by Crippen LogP contribution is -2.68. The van der Waals surface area contributed by atoms with Gasteiger partial charge in [0.2, 0.25) is 5.91 Å². The summed E-state index contributed by atoms with van der Waals surface area (Å²) < 4.78 is 0. The van der Waals surface area contributed by atoms with E-state index in [2.05, 4.69) is 12.1 Å². The van der Waals surface area contributed by atoms with Crippen molar-refractivity contribution in [3.05, 3.63) is 35.9 Å². The molecule has 112 valence electrons. The van der Waals surface area contributed by atoms with Gasteiger partial charge in [-0.2, -0.15) is 0 Å². The largest absolute Gasteiger partial charge is 0.336 e. The lowest BCUT2D eigenvalue weighted by atomic mass is 9.76. The predicted octanol–water partition coefficient (Wildman–Crippen LogP) is 2.89. The molecule has 3 rings (SSSR count). The van der Waals surface area contributed by atoms with Gasteiger partial charge in [0.05, 0.1) is 5.41 Å². The van der Waals surface area contributed by atoms with Crippen LogP contribution >= 0.6 is 24.8 Å². The van der Waals surface area contributed by atoms with Gasteiger partial charge in [-0.1, -0.05) is 30.3 Å². The molecule has 2 aliphatic rings. The van der Waals surface area contributed by atoms with E-state index in [1.807, 2.05) is 37.1 Å². The molecular formula is C16H20N2OS2. The minimum atomic E-state index is -0.574. The minimum absolute atomic E-state index is 0.0824. The fourth-order valence-electron chi connectivity index (χ4n) is 3.98. The van der Waals surface area contributed by atoms with Crippen LogP contribution in [0, 0.1) is 5.41 Å². The SMILES string of the molecule is CN1C(=O)[C@]2(C)CC[C@H](c3ccccc3)[C@]2(S)N(C)C1=S. The first kappa shape index (κ1) is 14.9. The van der Waals surface area contributed by atoms with Crippen molar-refractivity contribution in [3.63, 3.8) is 0 Å². The molecule has 3 nitrogen and oxygen atoms in total. The Bertz CT molecular complexity index is 606. The minimum Gasteiger partial charge on any atom is -0.336 e. The lowest BCUT2D eigenvalue weighted by molar-refractivity contribution is -0.143. The van der Waals surface area contributed by atoms with E-state index < -0.39 is 10.3 Å². The lowest BCUT2D eigenvalue weighted by Gasteiger charge is -2.55. The fraction of sp³-hybridized carbons (Fsp3) is 0.500. The normalized spacial score (nSPS) is 36.1. The van der Waals surface area contributed by atoms with E-state index in [0.29, 0.717) is 5.11 Å². The Kier molecular flexibility index (Phi) is 3.33. The molecule has 1 aromatic rings. The summed E-state index contributed by atoms with van der Waals surface area (Å²) in [5.41, 5.74) is 0.700. The average Bonchev–Trinajstić information content (AvgIpc) is 2.78. The summed E-state index contributed by atoms with van der Waals surface area (Å²) in [5, 5.41) is 0.551. The van der Waals surface area contributed by atoms with Crippen LogP contribution in [-0.4, -0.2) is 39.8 Å². The Labute approximate surface area is 136 Å². The molecule has 0 radical (unpaired) electrons. The number of nitrogens with zero attached hydrogens (tertiary/aromatic N) is 2. The molecule has 3 atom stereocenters. The maximum absolute atomic E-state index is 12.8. The zero-order valence-electron chi connectivity index (χ0n) is 12.5. The third kappa shape index (κ3) is 1.73. The highest BCUT2D eigenvalue weighted by Crippen LogP contribution is 2.61. The third-order valence-electron chi connectivity index (χ3n) is 5.29. The first-order valence-electron chi connectivity index (χ1n) is 7.17. The molecule has 2 fully saturated rings. The average molecular weight is 320 g/mol. The van der Waals surface area contributed by atoms with Gasteiger partial charge in [-0.15, -0.1) is 12.6 Å². The maximum atomic E-state index is 12.8. The first-order valence-corrected chi connectivity index (χ1v) is 8.03. The summed E-state index contributed by atoms with van der Waals surface area (Å²) in [6, 6.07) is 10.3. The van der Waals surface area contributed by atoms with E-state index in [9.17, 15) is 4.79 Å². The van der Waals surface area contributed by atoms with Crippen molar-refractivity contribution in [3.8, 4) is 0 Å². The highest BCUT2D eigenvalue weighted by Gasteiger charge is 2.66. The maximum Gasteiger partial charge on any atom is 0.237 e. The van der Waals surface area contributed by atoms with E-state index in [0.717, 1.165) is 12.8 Å². The highest BCUT2D eigenvalue weighted by molar-refractivity contribution is 7.82. The number of rotatable bonds is 1. The Balaban J connectivity index is 2.14. The summed E-state index contributed by atoms with van der Waals surface area (Å²) in [4.78, 5) is 15.9. The molecule has 21 heavy (non-hydrogen) atoms. The van der Waals surface area contributed by atoms with Crippen LogP contribution in [0.15, 0.2) is 30.3 Å². The number of amides is 1. The number of carbonyl (C=O) groups excluding carboxylic acids is 1. The number of carbonyl (C=O) groups is 1. The van der Waals surface area contributed by atoms with Gasteiger partial charge < -0.3 is 4.90 Å². The van der Waals surface area contributed by atoms with Crippen molar-refractivity contribution in [1.82, 2.24) is 9.80 Å². The second-order valence-corrected chi connectivity index (χ2v) is 7.31. The number of hydrogen-bond donors (Lipinski definition) is 1. The standard InChI is InChI=1S/C16H20N2OS2/c1-15-10-9-12(11-7-5-4-6-8-11)16(15,21)18(3)14(20)17(2)13(15)19/h4-8,12,21H,9-10H2,1-3H3/t12-,15+,16-/m1/s1. The molecule has 1 amide bonds. The zero-order chi connectivity index (χ0) is 15.4. The van der Waals surface area contributed by atoms with Gasteiger partial charge in [-0.3, -0.25) is 9.69 Å². The predicted molar refractivity (Wildman–Crippen MR) is 91.4 cm³/mol. The second-order valence-electron chi connectivity index (χ2n) is 6.27. The molecule has 0 N–H and O–H groups in total. The van der Waals surface area contributed by atoms with Gasteiger partial charge in [0, 0.05) is 20.0 Å². The van der Waals surface area contributed by atoms with Gasteiger partial charge in [0.1, 0.15) is 4.87 Å². The molecule has 0 bridgehead atoms. The van der Waals surface area contributed by atoms with Crippen LogP contribution in [0.5, 0.6) is 0 Å². The fourth-order valence-corrected chi connectivity index (χ4v) is 4.86. The van der Waals surface area contributed by atoms with Crippen LogP contribution in [0.3, 0.4) is 0 Å². The summed E-state index contributed by atoms with van der Waals surface area (Å²) in [7, 11) is 3.72. The Morgan fingerprint density at radius 3 is 2.52 bits per heavy atom. The molecular weight excluding hydrogens is 300 g/mol. The van der Waals surface area contributed by atoms with E-state index in [4.69, 9.17) is 24.8 Å². The number of fused-ring (bicyclic) bond motifs is 1. The van der Waals surface area contributed by atoms with Gasteiger partial charge in [-0.05, 0) is 37.5 Å². The van der Waals surface area contributed by atoms with Gasteiger partial charge in [-0.25, -0.2) is 0 Å². The second kappa shape index (κ2) is 4.71. The van der Waals surface area contributed by atoms with E-state index in [-0.39, 0.29) is 11.8 Å². The van der Waals surface area contributed by atoms with Crippen LogP contribution in [-0.2, 0) is 4.79 Å². The monoisotopic (exact) mass is 320 g/mol. The van der Waals surface area contributed by atoms with Crippen LogP contribution < -0.4 is 0 Å². The van der Waals surface area contributed by atoms with Crippen LogP contribution in [0.1, 0.15) is 31.2 Å². The Hall–Kier alpha value is -1.07. The number of thiol groups is 1. The van der Waals surface area contributed by atoms with Crippen LogP contribution in [0.25, 0.3) is 0 Å². The molecule has 0 spiro atoms. The van der Waals surface area contributed by atoms with Gasteiger partial charge in [0.25, 0.3) is 0 Å². The highest BCUT2D eigenvalue weighted by atomic mass is 32.1. The number of hydrogen-bond acceptors (Lipinski definition) is 3. The van der Waals surface area contributed by atoms with E-state index in [1.165, 1.54) is 5.56 Å². The zero-order valence-corrected chi connectivity index (χ0v) is 14.2. The van der Waals surface area contributed by atoms with E-state index in [1.54, 1.807) is 11.9 Å². The molecule has 1 aromatic carbocycles. The third-order valence-corrected chi connectivity index (χ3v) is 6.95. The van der Waals surface area contributed by atoms with Crippen LogP contribution in [0.4, 0.5) is 0 Å². The summed E-state index contributed by atoms with van der Waals surface area (Å²) >= 11 is 10.5. The summed E-state index contributed by atoms with van der Waals surface area (Å²) in [6.07, 6.45) is 1.77. The summed E-state index contributed by atoms with van der Waals surface area (Å²) in [6.45, 7) is 2.03.